The van der Waals surface area contributed by atoms with Crippen LogP contribution in [-0.2, 0) is 11.2 Å². The largest absolute Gasteiger partial charge is 0.378 e. The van der Waals surface area contributed by atoms with Gasteiger partial charge in [-0.2, -0.15) is 5.10 Å². The molecule has 172 valence electrons. The first-order chi connectivity index (χ1) is 16.3. The molecule has 3 aromatic heterocycles. The van der Waals surface area contributed by atoms with Gasteiger partial charge in [0, 0.05) is 55.1 Å². The molecule has 0 radical (unpaired) electrons. The lowest BCUT2D eigenvalue weighted by molar-refractivity contribution is 0.122. The maximum absolute atomic E-state index is 5.61. The van der Waals surface area contributed by atoms with Gasteiger partial charge < -0.3 is 19.9 Å². The highest BCUT2D eigenvalue weighted by molar-refractivity contribution is 7.19. The van der Waals surface area contributed by atoms with Gasteiger partial charge in [0.15, 0.2) is 11.6 Å². The molecule has 0 spiro atoms. The number of aromatic nitrogens is 4. The Morgan fingerprint density at radius 3 is 2.82 bits per heavy atom. The first-order valence-corrected chi connectivity index (χ1v) is 12.7. The number of hydrogen-bond donors (Lipinski definition) is 2. The fourth-order valence-corrected chi connectivity index (χ4v) is 5.93. The van der Waals surface area contributed by atoms with E-state index >= 15 is 0 Å². The van der Waals surface area contributed by atoms with Crippen LogP contribution in [-0.4, -0.2) is 84.1 Å². The molecule has 0 unspecified atom stereocenters. The monoisotopic (exact) mass is 463 g/mol. The van der Waals surface area contributed by atoms with E-state index in [1.165, 1.54) is 16.0 Å². The number of aromatic amines is 1. The Balaban J connectivity index is 1.34. The van der Waals surface area contributed by atoms with Gasteiger partial charge in [0.1, 0.15) is 0 Å². The summed E-state index contributed by atoms with van der Waals surface area (Å²) in [7, 11) is 0. The molecule has 0 saturated carbocycles. The maximum Gasteiger partial charge on any atom is 0.162 e. The van der Waals surface area contributed by atoms with E-state index in [1.54, 1.807) is 0 Å². The number of benzene rings is 1. The summed E-state index contributed by atoms with van der Waals surface area (Å²) in [5.41, 5.74) is 3.07. The molecule has 0 bridgehead atoms. The molecule has 0 amide bonds. The summed E-state index contributed by atoms with van der Waals surface area (Å²) >= 11 is 1.86. The van der Waals surface area contributed by atoms with Crippen LogP contribution < -0.4 is 10.2 Å². The van der Waals surface area contributed by atoms with Crippen LogP contribution in [0.2, 0.25) is 0 Å². The first kappa shape index (κ1) is 21.0. The van der Waals surface area contributed by atoms with E-state index in [2.05, 4.69) is 37.4 Å². The highest BCUT2D eigenvalue weighted by Crippen LogP contribution is 2.36. The molecule has 2 N–H and O–H groups in total. The zero-order valence-electron chi connectivity index (χ0n) is 18.7. The second-order valence-corrected chi connectivity index (χ2v) is 9.87. The van der Waals surface area contributed by atoms with Gasteiger partial charge in [0.25, 0.3) is 0 Å². The molecular weight excluding hydrogens is 434 g/mol. The predicted octanol–water partition coefficient (Wildman–Crippen LogP) is 2.91. The van der Waals surface area contributed by atoms with E-state index in [1.807, 2.05) is 29.7 Å². The number of aryl methyl sites for hydroxylation is 1. The molecule has 8 nitrogen and oxygen atoms in total. The van der Waals surface area contributed by atoms with Gasteiger partial charge in [0.2, 0.25) is 0 Å². The van der Waals surface area contributed by atoms with E-state index in [9.17, 15) is 0 Å². The molecule has 33 heavy (non-hydrogen) atoms. The predicted molar refractivity (Wildman–Crippen MR) is 133 cm³/mol. The molecule has 2 fully saturated rings. The van der Waals surface area contributed by atoms with Crippen molar-refractivity contribution in [2.24, 2.45) is 0 Å². The number of fused-ring (bicyclic) bond motifs is 2. The zero-order valence-corrected chi connectivity index (χ0v) is 19.5. The summed E-state index contributed by atoms with van der Waals surface area (Å²) in [4.78, 5) is 16.4. The standard InChI is InChI=1S/C24H29N7OS/c1-4-18(19-16-26-29-20(19)5-1)23-27-21-15-17(3-2-8-30-9-6-25-7-10-30)33-22(21)24(28-23)31-11-13-32-14-12-31/h1,4-5,15-16,25H,2-3,6-14H2,(H,26,29). The molecule has 2 aliphatic heterocycles. The average Bonchev–Trinajstić information content (AvgIpc) is 3.51. The summed E-state index contributed by atoms with van der Waals surface area (Å²) in [5, 5.41) is 11.8. The minimum absolute atomic E-state index is 0.737. The number of piperazine rings is 1. The lowest BCUT2D eigenvalue weighted by atomic mass is 10.1. The Morgan fingerprint density at radius 2 is 1.94 bits per heavy atom. The Labute approximate surface area is 197 Å². The molecule has 5 heterocycles. The topological polar surface area (TPSA) is 82.2 Å². The van der Waals surface area contributed by atoms with Crippen LogP contribution in [0.5, 0.6) is 0 Å². The lowest BCUT2D eigenvalue weighted by Crippen LogP contribution is -2.43. The van der Waals surface area contributed by atoms with Crippen molar-refractivity contribution in [1.29, 1.82) is 0 Å². The summed E-state index contributed by atoms with van der Waals surface area (Å²) in [5.74, 6) is 1.80. The third-order valence-electron chi connectivity index (χ3n) is 6.55. The molecule has 1 aromatic carbocycles. The summed E-state index contributed by atoms with van der Waals surface area (Å²) in [6, 6.07) is 8.44. The van der Waals surface area contributed by atoms with Crippen LogP contribution in [0.25, 0.3) is 32.5 Å². The average molecular weight is 464 g/mol. The lowest BCUT2D eigenvalue weighted by Gasteiger charge is -2.28. The minimum Gasteiger partial charge on any atom is -0.378 e. The molecule has 9 heteroatoms. The van der Waals surface area contributed by atoms with Gasteiger partial charge in [-0.3, -0.25) is 5.10 Å². The van der Waals surface area contributed by atoms with E-state index < -0.39 is 0 Å². The zero-order chi connectivity index (χ0) is 22.0. The van der Waals surface area contributed by atoms with E-state index in [0.29, 0.717) is 0 Å². The van der Waals surface area contributed by atoms with Crippen LogP contribution in [0.3, 0.4) is 0 Å². The summed E-state index contributed by atoms with van der Waals surface area (Å²) in [6.45, 7) is 8.87. The number of hydrogen-bond acceptors (Lipinski definition) is 8. The number of thiophene rings is 1. The maximum atomic E-state index is 5.61. The van der Waals surface area contributed by atoms with Crippen LogP contribution >= 0.6 is 11.3 Å². The number of rotatable bonds is 6. The van der Waals surface area contributed by atoms with Gasteiger partial charge in [-0.1, -0.05) is 12.1 Å². The van der Waals surface area contributed by atoms with Gasteiger partial charge in [0.05, 0.1) is 35.1 Å². The Hall–Kier alpha value is -2.59. The molecule has 6 rings (SSSR count). The van der Waals surface area contributed by atoms with Gasteiger partial charge in [-0.15, -0.1) is 11.3 Å². The van der Waals surface area contributed by atoms with E-state index in [0.717, 1.165) is 99.1 Å². The fraction of sp³-hybridized carbons (Fsp3) is 0.458. The van der Waals surface area contributed by atoms with E-state index in [-0.39, 0.29) is 0 Å². The van der Waals surface area contributed by atoms with Crippen molar-refractivity contribution < 1.29 is 4.74 Å². The van der Waals surface area contributed by atoms with Crippen LogP contribution in [0, 0.1) is 0 Å². The van der Waals surface area contributed by atoms with Crippen LogP contribution in [0.1, 0.15) is 11.3 Å². The molecule has 2 aliphatic rings. The molecule has 2 saturated heterocycles. The molecule has 4 aromatic rings. The molecule has 0 atom stereocenters. The summed E-state index contributed by atoms with van der Waals surface area (Å²) < 4.78 is 6.80. The van der Waals surface area contributed by atoms with Crippen molar-refractivity contribution >= 4 is 38.3 Å². The number of nitrogens with one attached hydrogen (secondary N) is 2. The first-order valence-electron chi connectivity index (χ1n) is 11.8. The van der Waals surface area contributed by atoms with Crippen LogP contribution in [0.4, 0.5) is 5.82 Å². The minimum atomic E-state index is 0.737. The third kappa shape index (κ3) is 4.33. The summed E-state index contributed by atoms with van der Waals surface area (Å²) in [6.07, 6.45) is 4.12. The highest BCUT2D eigenvalue weighted by Gasteiger charge is 2.21. The van der Waals surface area contributed by atoms with Gasteiger partial charge in [-0.05, 0) is 31.5 Å². The van der Waals surface area contributed by atoms with Crippen molar-refractivity contribution in [2.45, 2.75) is 12.8 Å². The number of anilines is 1. The third-order valence-corrected chi connectivity index (χ3v) is 7.73. The van der Waals surface area contributed by atoms with Gasteiger partial charge >= 0.3 is 0 Å². The molecule has 0 aliphatic carbocycles. The van der Waals surface area contributed by atoms with Crippen molar-refractivity contribution in [3.8, 4) is 11.4 Å². The second-order valence-electron chi connectivity index (χ2n) is 8.73. The SMILES string of the molecule is c1cc(-c2nc(N3CCOCC3)c3sc(CCCN4CCNCC4)cc3n2)c2cn[nH]c2c1. The molecular formula is C24H29N7OS. The van der Waals surface area contributed by atoms with Crippen molar-refractivity contribution in [1.82, 2.24) is 30.4 Å². The van der Waals surface area contributed by atoms with Crippen molar-refractivity contribution in [3.63, 3.8) is 0 Å². The van der Waals surface area contributed by atoms with Crippen LogP contribution in [0.15, 0.2) is 30.5 Å². The van der Waals surface area contributed by atoms with Gasteiger partial charge in [-0.25, -0.2) is 9.97 Å². The fourth-order valence-electron chi connectivity index (χ4n) is 4.77. The van der Waals surface area contributed by atoms with E-state index in [4.69, 9.17) is 14.7 Å². The highest BCUT2D eigenvalue weighted by atomic mass is 32.1. The number of H-pyrrole nitrogens is 1. The van der Waals surface area contributed by atoms with Crippen molar-refractivity contribution in [2.75, 3.05) is 63.9 Å². The van der Waals surface area contributed by atoms with Crippen molar-refractivity contribution in [3.05, 3.63) is 35.3 Å². The number of morpholine rings is 1. The quantitative estimate of drug-likeness (QED) is 0.455. The smallest absolute Gasteiger partial charge is 0.162 e. The number of ether oxygens (including phenoxy) is 1. The second kappa shape index (κ2) is 9.34. The Bertz CT molecular complexity index is 1240. The number of nitrogens with zero attached hydrogens (tertiary/aromatic N) is 5. The Kier molecular flexibility index (Phi) is 5.94. The normalized spacial score (nSPS) is 17.9. The Morgan fingerprint density at radius 1 is 1.06 bits per heavy atom.